The van der Waals surface area contributed by atoms with Crippen molar-refractivity contribution in [3.8, 4) is 0 Å². The lowest BCUT2D eigenvalue weighted by molar-refractivity contribution is -0.0761. The Kier molecular flexibility index (Phi) is 5.19. The third-order valence-corrected chi connectivity index (χ3v) is 4.94. The number of aryl methyl sites for hydroxylation is 1. The summed E-state index contributed by atoms with van der Waals surface area (Å²) in [6, 6.07) is 8.80. The van der Waals surface area contributed by atoms with E-state index in [1.54, 1.807) is 0 Å². The van der Waals surface area contributed by atoms with Crippen molar-refractivity contribution in [1.82, 2.24) is 5.43 Å². The van der Waals surface area contributed by atoms with Crippen molar-refractivity contribution in [2.45, 2.75) is 57.6 Å². The van der Waals surface area contributed by atoms with Gasteiger partial charge in [-0.1, -0.05) is 38.1 Å². The molecule has 0 saturated heterocycles. The summed E-state index contributed by atoms with van der Waals surface area (Å²) in [6.45, 7) is 4.49. The van der Waals surface area contributed by atoms with E-state index < -0.39 is 0 Å². The summed E-state index contributed by atoms with van der Waals surface area (Å²) in [7, 11) is 1.82. The van der Waals surface area contributed by atoms with Crippen molar-refractivity contribution < 1.29 is 4.74 Å². The summed E-state index contributed by atoms with van der Waals surface area (Å²) >= 11 is 0. The van der Waals surface area contributed by atoms with Crippen LogP contribution in [0.15, 0.2) is 24.3 Å². The van der Waals surface area contributed by atoms with Gasteiger partial charge in [0.2, 0.25) is 0 Å². The van der Waals surface area contributed by atoms with Gasteiger partial charge in [-0.05, 0) is 49.1 Å². The lowest BCUT2D eigenvalue weighted by Gasteiger charge is -2.44. The number of nitrogens with two attached hydrogens (primary N) is 1. The van der Waals surface area contributed by atoms with E-state index in [9.17, 15) is 0 Å². The number of ether oxygens (including phenoxy) is 1. The first-order valence-corrected chi connectivity index (χ1v) is 7.75. The predicted molar refractivity (Wildman–Crippen MR) is 83.3 cm³/mol. The molecule has 2 rings (SSSR count). The zero-order chi connectivity index (χ0) is 14.6. The van der Waals surface area contributed by atoms with E-state index in [1.807, 2.05) is 7.11 Å². The Morgan fingerprint density at radius 3 is 2.35 bits per heavy atom. The van der Waals surface area contributed by atoms with Crippen LogP contribution >= 0.6 is 0 Å². The minimum Gasteiger partial charge on any atom is -0.376 e. The number of methoxy groups -OCH3 is 1. The number of nitrogens with one attached hydrogen (secondary N) is 1. The van der Waals surface area contributed by atoms with E-state index in [4.69, 9.17) is 10.6 Å². The Morgan fingerprint density at radius 2 is 1.90 bits per heavy atom. The first-order chi connectivity index (χ1) is 9.65. The van der Waals surface area contributed by atoms with Crippen LogP contribution in [0.1, 0.15) is 56.7 Å². The smallest absolute Gasteiger partial charge is 0.0885 e. The minimum atomic E-state index is -0.172. The highest BCUT2D eigenvalue weighted by Crippen LogP contribution is 2.42. The van der Waals surface area contributed by atoms with Gasteiger partial charge in [0.1, 0.15) is 0 Å². The molecule has 0 bridgehead atoms. The normalized spacial score (nSPS) is 28.3. The van der Waals surface area contributed by atoms with Crippen LogP contribution in [0.3, 0.4) is 0 Å². The highest BCUT2D eigenvalue weighted by atomic mass is 16.5. The fraction of sp³-hybridized carbons (Fsp3) is 0.647. The van der Waals surface area contributed by atoms with Gasteiger partial charge in [-0.2, -0.15) is 0 Å². The molecule has 0 aliphatic heterocycles. The monoisotopic (exact) mass is 276 g/mol. The van der Waals surface area contributed by atoms with Crippen molar-refractivity contribution in [3.63, 3.8) is 0 Å². The quantitative estimate of drug-likeness (QED) is 0.640. The summed E-state index contributed by atoms with van der Waals surface area (Å²) in [5.41, 5.74) is 5.41. The summed E-state index contributed by atoms with van der Waals surface area (Å²) in [6.07, 6.45) is 5.61. The Morgan fingerprint density at radius 1 is 1.30 bits per heavy atom. The maximum atomic E-state index is 5.95. The standard InChI is InChI=1S/C17H28N2O/c1-4-14-5-7-15(8-6-14)16(19-18)17(20-3)11-9-13(2)10-12-17/h5-8,13,16,19H,4,9-12,18H2,1-3H3. The highest BCUT2D eigenvalue weighted by Gasteiger charge is 2.41. The van der Waals surface area contributed by atoms with Crippen LogP contribution in [0.25, 0.3) is 0 Å². The molecule has 3 N–H and O–H groups in total. The fourth-order valence-corrected chi connectivity index (χ4v) is 3.36. The molecule has 1 aromatic rings. The van der Waals surface area contributed by atoms with Gasteiger partial charge in [0.05, 0.1) is 11.6 Å². The molecule has 0 radical (unpaired) electrons. The lowest BCUT2D eigenvalue weighted by atomic mass is 9.73. The fourth-order valence-electron chi connectivity index (χ4n) is 3.36. The summed E-state index contributed by atoms with van der Waals surface area (Å²) in [5.74, 6) is 6.66. The molecule has 3 nitrogen and oxygen atoms in total. The minimum absolute atomic E-state index is 0.0610. The highest BCUT2D eigenvalue weighted by molar-refractivity contribution is 5.27. The molecule has 0 amide bonds. The number of rotatable bonds is 5. The second-order valence-corrected chi connectivity index (χ2v) is 6.15. The molecule has 112 valence electrons. The SMILES string of the molecule is CCc1ccc(C(NN)C2(OC)CCC(C)CC2)cc1. The maximum Gasteiger partial charge on any atom is 0.0885 e. The summed E-state index contributed by atoms with van der Waals surface area (Å²) < 4.78 is 5.95. The van der Waals surface area contributed by atoms with Crippen LogP contribution < -0.4 is 11.3 Å². The molecule has 0 spiro atoms. The van der Waals surface area contributed by atoms with Gasteiger partial charge in [0.25, 0.3) is 0 Å². The number of hydrogen-bond donors (Lipinski definition) is 2. The van der Waals surface area contributed by atoms with Crippen molar-refractivity contribution in [2.75, 3.05) is 7.11 Å². The van der Waals surface area contributed by atoms with Gasteiger partial charge in [0, 0.05) is 7.11 Å². The van der Waals surface area contributed by atoms with Crippen molar-refractivity contribution in [2.24, 2.45) is 11.8 Å². The van der Waals surface area contributed by atoms with Crippen LogP contribution in [0.5, 0.6) is 0 Å². The predicted octanol–water partition coefficient (Wildman–Crippen LogP) is 3.35. The van der Waals surface area contributed by atoms with E-state index in [0.29, 0.717) is 0 Å². The van der Waals surface area contributed by atoms with Crippen LogP contribution in [0, 0.1) is 5.92 Å². The van der Waals surface area contributed by atoms with Crippen molar-refractivity contribution in [3.05, 3.63) is 35.4 Å². The largest absolute Gasteiger partial charge is 0.376 e. The maximum absolute atomic E-state index is 5.95. The van der Waals surface area contributed by atoms with Crippen LogP contribution in [-0.4, -0.2) is 12.7 Å². The first kappa shape index (κ1) is 15.5. The number of hydrogen-bond acceptors (Lipinski definition) is 3. The molecule has 1 unspecified atom stereocenters. The number of hydrazine groups is 1. The molecular weight excluding hydrogens is 248 g/mol. The Bertz CT molecular complexity index is 408. The summed E-state index contributed by atoms with van der Waals surface area (Å²) in [5, 5.41) is 0. The molecule has 1 aliphatic rings. The molecule has 1 atom stereocenters. The topological polar surface area (TPSA) is 47.3 Å². The van der Waals surface area contributed by atoms with Crippen molar-refractivity contribution >= 4 is 0 Å². The van der Waals surface area contributed by atoms with E-state index in [-0.39, 0.29) is 11.6 Å². The van der Waals surface area contributed by atoms with Gasteiger partial charge < -0.3 is 4.74 Å². The van der Waals surface area contributed by atoms with Crippen LogP contribution in [0.2, 0.25) is 0 Å². The van der Waals surface area contributed by atoms with Crippen LogP contribution in [0.4, 0.5) is 0 Å². The molecule has 1 aliphatic carbocycles. The Balaban J connectivity index is 2.24. The second-order valence-electron chi connectivity index (χ2n) is 6.15. The summed E-state index contributed by atoms with van der Waals surface area (Å²) in [4.78, 5) is 0. The van der Waals surface area contributed by atoms with E-state index >= 15 is 0 Å². The first-order valence-electron chi connectivity index (χ1n) is 7.75. The zero-order valence-corrected chi connectivity index (χ0v) is 13.0. The second kappa shape index (κ2) is 6.70. The van der Waals surface area contributed by atoms with Crippen LogP contribution in [-0.2, 0) is 11.2 Å². The molecular formula is C17H28N2O. The molecule has 0 heterocycles. The van der Waals surface area contributed by atoms with Crippen molar-refractivity contribution in [1.29, 1.82) is 0 Å². The lowest BCUT2D eigenvalue weighted by Crippen LogP contribution is -2.49. The Labute approximate surface area is 122 Å². The third-order valence-electron chi connectivity index (χ3n) is 4.94. The molecule has 1 saturated carbocycles. The van der Waals surface area contributed by atoms with E-state index in [0.717, 1.165) is 25.2 Å². The molecule has 3 heteroatoms. The van der Waals surface area contributed by atoms with Gasteiger partial charge in [0.15, 0.2) is 0 Å². The molecule has 1 fully saturated rings. The van der Waals surface area contributed by atoms with Gasteiger partial charge in [-0.3, -0.25) is 11.3 Å². The average molecular weight is 276 g/mol. The molecule has 20 heavy (non-hydrogen) atoms. The average Bonchev–Trinajstić information content (AvgIpc) is 2.51. The molecule has 0 aromatic heterocycles. The zero-order valence-electron chi connectivity index (χ0n) is 13.0. The van der Waals surface area contributed by atoms with E-state index in [2.05, 4.69) is 43.5 Å². The van der Waals surface area contributed by atoms with E-state index in [1.165, 1.54) is 24.0 Å². The van der Waals surface area contributed by atoms with Gasteiger partial charge >= 0.3 is 0 Å². The Hall–Kier alpha value is -0.900. The van der Waals surface area contributed by atoms with Gasteiger partial charge in [-0.25, -0.2) is 0 Å². The third kappa shape index (κ3) is 3.05. The van der Waals surface area contributed by atoms with Gasteiger partial charge in [-0.15, -0.1) is 0 Å². The molecule has 1 aromatic carbocycles. The number of benzene rings is 1.